The maximum Gasteiger partial charge on any atom is 0.299 e. The molecule has 0 bridgehead atoms. The molecule has 20 heteroatoms. The van der Waals surface area contributed by atoms with Crippen molar-refractivity contribution >= 4 is 17.1 Å². The molecule has 0 amide bonds. The van der Waals surface area contributed by atoms with E-state index in [9.17, 15) is 20.2 Å². The fraction of sp³-hybridized carbons (Fsp3) is 0.842. The molecule has 0 fully saturated rings. The molecule has 1 aromatic rings. The van der Waals surface area contributed by atoms with Crippen molar-refractivity contribution < 1.29 is 71.4 Å². The van der Waals surface area contributed by atoms with E-state index < -0.39 is 9.85 Å². The molecule has 1 aromatic carbocycles. The number of anilines is 1. The van der Waals surface area contributed by atoms with Gasteiger partial charge >= 0.3 is 0 Å². The Morgan fingerprint density at radius 1 is 0.414 bits per heavy atom. The molecule has 0 spiro atoms. The molecule has 1 rings (SSSR count). The summed E-state index contributed by atoms with van der Waals surface area (Å²) in [6, 6.07) is 3.43. The van der Waals surface area contributed by atoms with E-state index in [0.29, 0.717) is 159 Å². The van der Waals surface area contributed by atoms with Crippen molar-refractivity contribution in [3.8, 4) is 0 Å². The summed E-state index contributed by atoms with van der Waals surface area (Å²) in [7, 11) is 0. The Kier molecular flexibility index (Phi) is 39.0. The van der Waals surface area contributed by atoms with Crippen LogP contribution in [0.5, 0.6) is 0 Å². The van der Waals surface area contributed by atoms with Crippen molar-refractivity contribution in [2.75, 3.05) is 184 Å². The maximum absolute atomic E-state index is 11.2. The number of nitro groups is 2. The van der Waals surface area contributed by atoms with Crippen LogP contribution in [0.3, 0.4) is 0 Å². The van der Waals surface area contributed by atoms with Crippen molar-refractivity contribution in [2.24, 2.45) is 0 Å². The van der Waals surface area contributed by atoms with Crippen LogP contribution in [-0.2, 0) is 61.6 Å². The molecule has 0 saturated carbocycles. The second kappa shape index (κ2) is 42.4. The summed E-state index contributed by atoms with van der Waals surface area (Å²) in [6.07, 6.45) is 4.85. The molecule has 0 unspecified atom stereocenters. The summed E-state index contributed by atoms with van der Waals surface area (Å²) < 4.78 is 71.2. The van der Waals surface area contributed by atoms with Gasteiger partial charge < -0.3 is 66.9 Å². The van der Waals surface area contributed by atoms with Crippen LogP contribution in [0.15, 0.2) is 18.2 Å². The molecule has 338 valence electrons. The zero-order valence-corrected chi connectivity index (χ0v) is 34.5. The third kappa shape index (κ3) is 35.3. The van der Waals surface area contributed by atoms with E-state index in [0.717, 1.165) is 19.1 Å². The van der Waals surface area contributed by atoms with Gasteiger partial charge in [0.05, 0.1) is 181 Å². The average molecular weight is 840 g/mol. The normalized spacial score (nSPS) is 11.4. The minimum atomic E-state index is -0.681. The van der Waals surface area contributed by atoms with E-state index in [-0.39, 0.29) is 30.2 Å². The molecule has 0 aliphatic carbocycles. The second-order valence-electron chi connectivity index (χ2n) is 12.2. The lowest BCUT2D eigenvalue weighted by molar-refractivity contribution is -0.393. The standard InChI is InChI=1S/C38H69N3O17/c1-2-3-4-5-9-46-11-13-48-15-17-50-19-21-52-23-25-54-27-29-56-31-33-58-34-32-57-30-28-55-26-24-53-22-20-51-18-16-49-14-12-47-10-8-39-37-7-6-36(40(42)43)35-38(37)41(44)45/h6-7,35,39H,2-5,8-34H2,1H3. The van der Waals surface area contributed by atoms with Crippen LogP contribution < -0.4 is 5.32 Å². The van der Waals surface area contributed by atoms with Crippen LogP contribution in [0.2, 0.25) is 0 Å². The monoisotopic (exact) mass is 839 g/mol. The molecule has 0 aliphatic rings. The summed E-state index contributed by atoms with van der Waals surface area (Å²) in [5.74, 6) is 0. The van der Waals surface area contributed by atoms with Crippen LogP contribution in [-0.4, -0.2) is 188 Å². The Morgan fingerprint density at radius 2 is 0.724 bits per heavy atom. The predicted molar refractivity (Wildman–Crippen MR) is 213 cm³/mol. The van der Waals surface area contributed by atoms with Crippen molar-refractivity contribution in [1.29, 1.82) is 0 Å². The fourth-order valence-electron chi connectivity index (χ4n) is 4.56. The molecule has 1 N–H and O–H groups in total. The Balaban J connectivity index is 1.67. The van der Waals surface area contributed by atoms with Crippen LogP contribution in [0.25, 0.3) is 0 Å². The lowest BCUT2D eigenvalue weighted by atomic mass is 10.2. The predicted octanol–water partition coefficient (Wildman–Crippen LogP) is 3.71. The van der Waals surface area contributed by atoms with E-state index in [1.54, 1.807) is 0 Å². The smallest absolute Gasteiger partial charge is 0.299 e. The van der Waals surface area contributed by atoms with Gasteiger partial charge in [-0.3, -0.25) is 20.2 Å². The van der Waals surface area contributed by atoms with E-state index >= 15 is 0 Å². The number of rotatable bonds is 47. The Hall–Kier alpha value is -2.70. The van der Waals surface area contributed by atoms with Crippen LogP contribution in [0, 0.1) is 20.2 Å². The van der Waals surface area contributed by atoms with Gasteiger partial charge in [0.2, 0.25) is 0 Å². The second-order valence-corrected chi connectivity index (χ2v) is 12.2. The first kappa shape index (κ1) is 53.3. The zero-order valence-electron chi connectivity index (χ0n) is 34.5. The van der Waals surface area contributed by atoms with Gasteiger partial charge in [-0.15, -0.1) is 0 Å². The third-order valence-electron chi connectivity index (χ3n) is 7.56. The van der Waals surface area contributed by atoms with E-state index in [1.807, 2.05) is 0 Å². The lowest BCUT2D eigenvalue weighted by Gasteiger charge is -2.09. The minimum absolute atomic E-state index is 0.184. The topological polar surface area (TPSA) is 218 Å². The van der Waals surface area contributed by atoms with E-state index in [1.165, 1.54) is 31.4 Å². The first-order valence-electron chi connectivity index (χ1n) is 20.2. The summed E-state index contributed by atoms with van der Waals surface area (Å²) in [6.45, 7) is 15.1. The molecule has 0 atom stereocenters. The Labute approximate surface area is 342 Å². The number of non-ortho nitro benzene ring substituents is 1. The lowest BCUT2D eigenvalue weighted by Crippen LogP contribution is -2.16. The quantitative estimate of drug-likeness (QED) is 0.0562. The van der Waals surface area contributed by atoms with Gasteiger partial charge in [-0.2, -0.15) is 0 Å². The summed E-state index contributed by atoms with van der Waals surface area (Å²) in [5, 5.41) is 24.8. The molecular weight excluding hydrogens is 770 g/mol. The zero-order chi connectivity index (χ0) is 41.8. The van der Waals surface area contributed by atoms with Gasteiger partial charge in [0.1, 0.15) is 5.69 Å². The SMILES string of the molecule is CCCCCCOCCOCCOCCOCCOCCOCCOCCOCCOCCOCCOCCOCCOCCNc1ccc([N+](=O)[O-])cc1[N+](=O)[O-]. The first-order chi connectivity index (χ1) is 28.6. The summed E-state index contributed by atoms with van der Waals surface area (Å²) in [5.41, 5.74) is -0.529. The maximum atomic E-state index is 11.2. The molecular formula is C38H69N3O17. The fourth-order valence-corrected chi connectivity index (χ4v) is 4.56. The molecule has 0 saturated heterocycles. The number of ether oxygens (including phenoxy) is 13. The molecule has 58 heavy (non-hydrogen) atoms. The van der Waals surface area contributed by atoms with Gasteiger partial charge in [-0.25, -0.2) is 0 Å². The molecule has 20 nitrogen and oxygen atoms in total. The highest BCUT2D eigenvalue weighted by molar-refractivity contribution is 5.65. The summed E-state index contributed by atoms with van der Waals surface area (Å²) in [4.78, 5) is 20.6. The molecule has 0 aliphatic heterocycles. The number of hydrogen-bond acceptors (Lipinski definition) is 18. The Bertz CT molecular complexity index is 1080. The number of nitrogens with one attached hydrogen (secondary N) is 1. The van der Waals surface area contributed by atoms with Gasteiger partial charge in [0.25, 0.3) is 11.4 Å². The minimum Gasteiger partial charge on any atom is -0.379 e. The number of nitro benzene ring substituents is 2. The van der Waals surface area contributed by atoms with Crippen molar-refractivity contribution in [1.82, 2.24) is 0 Å². The number of hydrogen-bond donors (Lipinski definition) is 1. The van der Waals surface area contributed by atoms with Crippen molar-refractivity contribution in [3.63, 3.8) is 0 Å². The van der Waals surface area contributed by atoms with E-state index in [2.05, 4.69) is 12.2 Å². The first-order valence-corrected chi connectivity index (χ1v) is 20.2. The van der Waals surface area contributed by atoms with Gasteiger partial charge in [-0.1, -0.05) is 26.2 Å². The number of unbranched alkanes of at least 4 members (excludes halogenated alkanes) is 3. The van der Waals surface area contributed by atoms with Gasteiger partial charge in [0, 0.05) is 19.2 Å². The largest absolute Gasteiger partial charge is 0.379 e. The van der Waals surface area contributed by atoms with Crippen LogP contribution >= 0.6 is 0 Å². The van der Waals surface area contributed by atoms with Crippen molar-refractivity contribution in [3.05, 3.63) is 38.4 Å². The van der Waals surface area contributed by atoms with E-state index in [4.69, 9.17) is 61.6 Å². The average Bonchev–Trinajstić information content (AvgIpc) is 3.22. The molecule has 0 radical (unpaired) electrons. The highest BCUT2D eigenvalue weighted by atomic mass is 16.6. The highest BCUT2D eigenvalue weighted by Crippen LogP contribution is 2.28. The Morgan fingerprint density at radius 3 is 1.02 bits per heavy atom. The molecule has 0 aromatic heterocycles. The highest BCUT2D eigenvalue weighted by Gasteiger charge is 2.19. The molecule has 0 heterocycles. The van der Waals surface area contributed by atoms with Gasteiger partial charge in [-0.05, 0) is 12.5 Å². The number of nitrogens with zero attached hydrogens (tertiary/aromatic N) is 2. The van der Waals surface area contributed by atoms with Crippen molar-refractivity contribution in [2.45, 2.75) is 32.6 Å². The van der Waals surface area contributed by atoms with Crippen LogP contribution in [0.1, 0.15) is 32.6 Å². The summed E-state index contributed by atoms with van der Waals surface area (Å²) >= 11 is 0. The third-order valence-corrected chi connectivity index (χ3v) is 7.56. The number of benzene rings is 1. The van der Waals surface area contributed by atoms with Gasteiger partial charge in [0.15, 0.2) is 0 Å². The van der Waals surface area contributed by atoms with Crippen LogP contribution in [0.4, 0.5) is 17.1 Å².